The van der Waals surface area contributed by atoms with Crippen molar-refractivity contribution in [3.63, 3.8) is 0 Å². The van der Waals surface area contributed by atoms with E-state index in [1.165, 1.54) is 7.11 Å². The molecule has 2 aromatic rings. The zero-order chi connectivity index (χ0) is 22.4. The monoisotopic (exact) mass is 424 g/mol. The van der Waals surface area contributed by atoms with E-state index in [-0.39, 0.29) is 29.4 Å². The normalized spacial score (nSPS) is 16.0. The largest absolute Gasteiger partial charge is 0.491 e. The quantitative estimate of drug-likeness (QED) is 0.549. The van der Waals surface area contributed by atoms with Gasteiger partial charge in [0.2, 0.25) is 0 Å². The summed E-state index contributed by atoms with van der Waals surface area (Å²) >= 11 is 0. The minimum absolute atomic E-state index is 0.00154. The molecule has 1 unspecified atom stereocenters. The van der Waals surface area contributed by atoms with E-state index < -0.39 is 5.97 Å². The highest BCUT2D eigenvalue weighted by atomic mass is 16.5. The number of rotatable bonds is 6. The van der Waals surface area contributed by atoms with Gasteiger partial charge in [0.1, 0.15) is 5.75 Å². The standard InChI is InChI=1S/C24H28N2O5/c1-16(2)31-19-10-6-8-17(14-19)22(27)18-9-7-13-26(15-18)24(29)25-21-12-5-4-11-20(21)23(28)30-3/h4-6,8,10-12,14,16,18H,7,9,13,15H2,1-3H3,(H,25,29). The molecule has 164 valence electrons. The van der Waals surface area contributed by atoms with Crippen LogP contribution in [0.25, 0.3) is 0 Å². The second-order valence-corrected chi connectivity index (χ2v) is 7.81. The van der Waals surface area contributed by atoms with E-state index in [1.54, 1.807) is 41.3 Å². The summed E-state index contributed by atoms with van der Waals surface area (Å²) in [7, 11) is 1.29. The van der Waals surface area contributed by atoms with E-state index in [0.717, 1.165) is 12.8 Å². The van der Waals surface area contributed by atoms with Crippen molar-refractivity contribution >= 4 is 23.5 Å². The van der Waals surface area contributed by atoms with Gasteiger partial charge in [-0.05, 0) is 51.0 Å². The van der Waals surface area contributed by atoms with Crippen LogP contribution in [-0.4, -0.2) is 49.0 Å². The van der Waals surface area contributed by atoms with Crippen molar-refractivity contribution in [1.82, 2.24) is 4.90 Å². The third kappa shape index (κ3) is 5.63. The number of esters is 1. The number of anilines is 1. The molecule has 0 saturated carbocycles. The lowest BCUT2D eigenvalue weighted by Crippen LogP contribution is -2.44. The SMILES string of the molecule is COC(=O)c1ccccc1NC(=O)N1CCCC(C(=O)c2cccc(OC(C)C)c2)C1. The first kappa shape index (κ1) is 22.3. The predicted octanol–water partition coefficient (Wildman–Crippen LogP) is 4.39. The summed E-state index contributed by atoms with van der Waals surface area (Å²) in [6.45, 7) is 4.74. The Balaban J connectivity index is 1.69. The van der Waals surface area contributed by atoms with Crippen molar-refractivity contribution in [2.75, 3.05) is 25.5 Å². The minimum Gasteiger partial charge on any atom is -0.491 e. The van der Waals surface area contributed by atoms with Gasteiger partial charge in [0.25, 0.3) is 0 Å². The molecule has 0 aromatic heterocycles. The van der Waals surface area contributed by atoms with Crippen molar-refractivity contribution in [3.8, 4) is 5.75 Å². The first-order valence-electron chi connectivity index (χ1n) is 10.4. The van der Waals surface area contributed by atoms with E-state index in [0.29, 0.717) is 30.1 Å². The van der Waals surface area contributed by atoms with Gasteiger partial charge in [-0.25, -0.2) is 9.59 Å². The highest BCUT2D eigenvalue weighted by Gasteiger charge is 2.29. The molecule has 1 N–H and O–H groups in total. The number of benzene rings is 2. The Labute approximate surface area is 182 Å². The highest BCUT2D eigenvalue weighted by Crippen LogP contribution is 2.25. The van der Waals surface area contributed by atoms with Crippen LogP contribution in [0.3, 0.4) is 0 Å². The highest BCUT2D eigenvalue weighted by molar-refractivity contribution is 6.01. The lowest BCUT2D eigenvalue weighted by Gasteiger charge is -2.32. The third-order valence-corrected chi connectivity index (χ3v) is 5.14. The van der Waals surface area contributed by atoms with Gasteiger partial charge in [0.05, 0.1) is 24.5 Å². The fourth-order valence-corrected chi connectivity index (χ4v) is 3.68. The maximum absolute atomic E-state index is 13.1. The van der Waals surface area contributed by atoms with Gasteiger partial charge in [-0.2, -0.15) is 0 Å². The van der Waals surface area contributed by atoms with Crippen LogP contribution >= 0.6 is 0 Å². The lowest BCUT2D eigenvalue weighted by atomic mass is 9.90. The number of Topliss-reactive ketones (excluding diaryl/α,β-unsaturated/α-hetero) is 1. The van der Waals surface area contributed by atoms with E-state index >= 15 is 0 Å². The minimum atomic E-state index is -0.522. The van der Waals surface area contributed by atoms with Gasteiger partial charge < -0.3 is 19.7 Å². The summed E-state index contributed by atoms with van der Waals surface area (Å²) in [5, 5.41) is 2.78. The number of para-hydroxylation sites is 1. The second-order valence-electron chi connectivity index (χ2n) is 7.81. The number of ketones is 1. The summed E-state index contributed by atoms with van der Waals surface area (Å²) in [6.07, 6.45) is 1.47. The number of nitrogens with zero attached hydrogens (tertiary/aromatic N) is 1. The Hall–Kier alpha value is -3.35. The molecule has 1 aliphatic heterocycles. The van der Waals surface area contributed by atoms with E-state index in [4.69, 9.17) is 9.47 Å². The number of urea groups is 1. The number of ether oxygens (including phenoxy) is 2. The van der Waals surface area contributed by atoms with Crippen LogP contribution in [0.1, 0.15) is 47.4 Å². The molecule has 0 aliphatic carbocycles. The Bertz CT molecular complexity index is 956. The molecule has 0 radical (unpaired) electrons. The lowest BCUT2D eigenvalue weighted by molar-refractivity contribution is 0.0601. The van der Waals surface area contributed by atoms with Crippen LogP contribution in [0.5, 0.6) is 5.75 Å². The van der Waals surface area contributed by atoms with E-state index in [2.05, 4.69) is 5.32 Å². The maximum Gasteiger partial charge on any atom is 0.339 e. The van der Waals surface area contributed by atoms with Crippen LogP contribution < -0.4 is 10.1 Å². The number of carbonyl (C=O) groups is 3. The molecule has 0 bridgehead atoms. The summed E-state index contributed by atoms with van der Waals surface area (Å²) < 4.78 is 10.5. The van der Waals surface area contributed by atoms with Crippen molar-refractivity contribution < 1.29 is 23.9 Å². The van der Waals surface area contributed by atoms with Gasteiger partial charge in [0, 0.05) is 24.6 Å². The Morgan fingerprint density at radius 1 is 1.10 bits per heavy atom. The van der Waals surface area contributed by atoms with Crippen LogP contribution in [0.2, 0.25) is 0 Å². The molecule has 7 nitrogen and oxygen atoms in total. The zero-order valence-corrected chi connectivity index (χ0v) is 18.1. The molecule has 3 rings (SSSR count). The van der Waals surface area contributed by atoms with Crippen LogP contribution in [0.4, 0.5) is 10.5 Å². The molecule has 1 heterocycles. The van der Waals surface area contributed by atoms with E-state index in [1.807, 2.05) is 26.0 Å². The van der Waals surface area contributed by atoms with Gasteiger partial charge in [-0.1, -0.05) is 24.3 Å². The number of amides is 2. The van der Waals surface area contributed by atoms with Crippen LogP contribution in [0.15, 0.2) is 48.5 Å². The second kappa shape index (κ2) is 10.1. The summed E-state index contributed by atoms with van der Waals surface area (Å²) in [5.74, 6) is -0.150. The first-order chi connectivity index (χ1) is 14.9. The van der Waals surface area contributed by atoms with Gasteiger partial charge >= 0.3 is 12.0 Å². The average molecular weight is 424 g/mol. The molecule has 7 heteroatoms. The maximum atomic E-state index is 13.1. The smallest absolute Gasteiger partial charge is 0.339 e. The topological polar surface area (TPSA) is 84.9 Å². The van der Waals surface area contributed by atoms with E-state index in [9.17, 15) is 14.4 Å². The zero-order valence-electron chi connectivity index (χ0n) is 18.1. The molecular weight excluding hydrogens is 396 g/mol. The molecule has 1 fully saturated rings. The molecule has 2 amide bonds. The van der Waals surface area contributed by atoms with Crippen LogP contribution in [-0.2, 0) is 4.74 Å². The van der Waals surface area contributed by atoms with Crippen molar-refractivity contribution in [3.05, 3.63) is 59.7 Å². The molecule has 2 aromatic carbocycles. The number of hydrogen-bond donors (Lipinski definition) is 1. The Morgan fingerprint density at radius 2 is 1.87 bits per heavy atom. The van der Waals surface area contributed by atoms with Gasteiger partial charge in [-0.15, -0.1) is 0 Å². The van der Waals surface area contributed by atoms with Crippen molar-refractivity contribution in [2.24, 2.45) is 5.92 Å². The number of methoxy groups -OCH3 is 1. The molecular formula is C24H28N2O5. The molecule has 0 spiro atoms. The third-order valence-electron chi connectivity index (χ3n) is 5.14. The van der Waals surface area contributed by atoms with Crippen LogP contribution in [0, 0.1) is 5.92 Å². The molecule has 1 atom stereocenters. The molecule has 1 saturated heterocycles. The predicted molar refractivity (Wildman–Crippen MR) is 118 cm³/mol. The molecule has 31 heavy (non-hydrogen) atoms. The number of hydrogen-bond acceptors (Lipinski definition) is 5. The van der Waals surface area contributed by atoms with Crippen molar-refractivity contribution in [2.45, 2.75) is 32.8 Å². The Morgan fingerprint density at radius 3 is 2.61 bits per heavy atom. The number of carbonyl (C=O) groups excluding carboxylic acids is 3. The first-order valence-corrected chi connectivity index (χ1v) is 10.4. The van der Waals surface area contributed by atoms with Gasteiger partial charge in [0.15, 0.2) is 5.78 Å². The molecule has 1 aliphatic rings. The fourth-order valence-electron chi connectivity index (χ4n) is 3.68. The summed E-state index contributed by atoms with van der Waals surface area (Å²) in [4.78, 5) is 39.5. The number of piperidine rings is 1. The number of nitrogens with one attached hydrogen (secondary N) is 1. The number of likely N-dealkylation sites (tertiary alicyclic amines) is 1. The fraction of sp³-hybridized carbons (Fsp3) is 0.375. The Kier molecular flexibility index (Phi) is 7.28. The van der Waals surface area contributed by atoms with Crippen molar-refractivity contribution in [1.29, 1.82) is 0 Å². The van der Waals surface area contributed by atoms with Gasteiger partial charge in [-0.3, -0.25) is 4.79 Å². The summed E-state index contributed by atoms with van der Waals surface area (Å²) in [6, 6.07) is 13.5. The average Bonchev–Trinajstić information content (AvgIpc) is 2.78. The summed E-state index contributed by atoms with van der Waals surface area (Å²) in [5.41, 5.74) is 1.25.